The SMILES string of the molecule is COc1cc(NC2CCN(c3ncc(C(F)(F)F)cc3Cl)CC2)cc(OC)c1. The number of nitrogens with one attached hydrogen (secondary N) is 1. The van der Waals surface area contributed by atoms with Crippen LogP contribution >= 0.6 is 11.6 Å². The molecule has 0 bridgehead atoms. The lowest BCUT2D eigenvalue weighted by Crippen LogP contribution is -2.39. The van der Waals surface area contributed by atoms with Crippen LogP contribution in [0.15, 0.2) is 30.5 Å². The first-order chi connectivity index (χ1) is 13.3. The van der Waals surface area contributed by atoms with Gasteiger partial charge in [-0.15, -0.1) is 0 Å². The summed E-state index contributed by atoms with van der Waals surface area (Å²) in [4.78, 5) is 5.85. The highest BCUT2D eigenvalue weighted by Gasteiger charge is 2.32. The van der Waals surface area contributed by atoms with Crippen LogP contribution in [0.25, 0.3) is 0 Å². The number of rotatable bonds is 5. The van der Waals surface area contributed by atoms with Gasteiger partial charge in [0.05, 0.1) is 24.8 Å². The van der Waals surface area contributed by atoms with Crippen molar-refractivity contribution < 1.29 is 22.6 Å². The molecule has 152 valence electrons. The lowest BCUT2D eigenvalue weighted by Gasteiger charge is -2.34. The van der Waals surface area contributed by atoms with Crippen molar-refractivity contribution in [2.75, 3.05) is 37.5 Å². The first kappa shape index (κ1) is 20.4. The Kier molecular flexibility index (Phi) is 6.07. The fraction of sp³-hybridized carbons (Fsp3) is 0.421. The molecule has 1 aromatic carbocycles. The third-order valence-corrected chi connectivity index (χ3v) is 4.94. The number of pyridine rings is 1. The summed E-state index contributed by atoms with van der Waals surface area (Å²) in [6.45, 7) is 1.27. The summed E-state index contributed by atoms with van der Waals surface area (Å²) < 4.78 is 48.9. The van der Waals surface area contributed by atoms with Crippen molar-refractivity contribution in [3.63, 3.8) is 0 Å². The molecule has 1 aromatic heterocycles. The number of nitrogens with zero attached hydrogens (tertiary/aromatic N) is 2. The Hall–Kier alpha value is -2.35. The zero-order valence-electron chi connectivity index (χ0n) is 15.5. The zero-order chi connectivity index (χ0) is 20.3. The van der Waals surface area contributed by atoms with Gasteiger partial charge in [0.15, 0.2) is 0 Å². The van der Waals surface area contributed by atoms with Crippen molar-refractivity contribution in [3.8, 4) is 11.5 Å². The van der Waals surface area contributed by atoms with Gasteiger partial charge in [-0.05, 0) is 18.9 Å². The number of piperidine rings is 1. The van der Waals surface area contributed by atoms with Gasteiger partial charge < -0.3 is 19.7 Å². The van der Waals surface area contributed by atoms with Crippen molar-refractivity contribution in [1.29, 1.82) is 0 Å². The van der Waals surface area contributed by atoms with Gasteiger partial charge in [-0.2, -0.15) is 13.2 Å². The van der Waals surface area contributed by atoms with Gasteiger partial charge in [0.1, 0.15) is 17.3 Å². The topological polar surface area (TPSA) is 46.6 Å². The van der Waals surface area contributed by atoms with E-state index < -0.39 is 11.7 Å². The van der Waals surface area contributed by atoms with Crippen molar-refractivity contribution >= 4 is 23.1 Å². The number of aromatic nitrogens is 1. The van der Waals surface area contributed by atoms with E-state index in [0.717, 1.165) is 30.8 Å². The zero-order valence-corrected chi connectivity index (χ0v) is 16.3. The minimum absolute atomic E-state index is 0.0127. The molecule has 1 saturated heterocycles. The van der Waals surface area contributed by atoms with E-state index in [9.17, 15) is 13.2 Å². The monoisotopic (exact) mass is 415 g/mol. The second kappa shape index (κ2) is 8.34. The number of hydrogen-bond donors (Lipinski definition) is 1. The predicted octanol–water partition coefficient (Wildman–Crippen LogP) is 4.85. The van der Waals surface area contributed by atoms with E-state index >= 15 is 0 Å². The van der Waals surface area contributed by atoms with E-state index in [0.29, 0.717) is 30.4 Å². The van der Waals surface area contributed by atoms with E-state index in [2.05, 4.69) is 10.3 Å². The Morgan fingerprint density at radius 3 is 2.18 bits per heavy atom. The maximum absolute atomic E-state index is 12.8. The Morgan fingerprint density at radius 2 is 1.68 bits per heavy atom. The maximum Gasteiger partial charge on any atom is 0.417 e. The molecule has 9 heteroatoms. The summed E-state index contributed by atoms with van der Waals surface area (Å²) in [6.07, 6.45) is -2.05. The second-order valence-corrected chi connectivity index (χ2v) is 6.94. The van der Waals surface area contributed by atoms with Crippen LogP contribution in [-0.4, -0.2) is 38.3 Å². The highest BCUT2D eigenvalue weighted by Crippen LogP contribution is 2.34. The summed E-state index contributed by atoms with van der Waals surface area (Å²) in [5.74, 6) is 1.77. The van der Waals surface area contributed by atoms with Gasteiger partial charge in [-0.3, -0.25) is 0 Å². The summed E-state index contributed by atoms with van der Waals surface area (Å²) in [5.41, 5.74) is 0.0464. The fourth-order valence-corrected chi connectivity index (χ4v) is 3.47. The number of alkyl halides is 3. The Morgan fingerprint density at radius 1 is 1.07 bits per heavy atom. The lowest BCUT2D eigenvalue weighted by molar-refractivity contribution is -0.137. The third kappa shape index (κ3) is 4.73. The summed E-state index contributed by atoms with van der Waals surface area (Å²) in [7, 11) is 3.19. The smallest absolute Gasteiger partial charge is 0.417 e. The van der Waals surface area contributed by atoms with Crippen LogP contribution in [0.5, 0.6) is 11.5 Å². The molecular weight excluding hydrogens is 395 g/mol. The van der Waals surface area contributed by atoms with Crippen molar-refractivity contribution in [1.82, 2.24) is 4.98 Å². The van der Waals surface area contributed by atoms with Gasteiger partial charge in [0, 0.05) is 49.2 Å². The molecule has 0 aliphatic carbocycles. The first-order valence-electron chi connectivity index (χ1n) is 8.77. The van der Waals surface area contributed by atoms with Crippen LogP contribution in [0, 0.1) is 0 Å². The van der Waals surface area contributed by atoms with Gasteiger partial charge >= 0.3 is 6.18 Å². The number of methoxy groups -OCH3 is 2. The van der Waals surface area contributed by atoms with Crippen LogP contribution in [0.4, 0.5) is 24.7 Å². The molecule has 0 saturated carbocycles. The van der Waals surface area contributed by atoms with E-state index in [1.807, 2.05) is 17.0 Å². The summed E-state index contributed by atoms with van der Waals surface area (Å²) in [6, 6.07) is 6.72. The normalized spacial score (nSPS) is 15.4. The molecule has 28 heavy (non-hydrogen) atoms. The van der Waals surface area contributed by atoms with E-state index in [-0.39, 0.29) is 11.1 Å². The standard InChI is InChI=1S/C19H21ClF3N3O2/c1-27-15-8-14(9-16(10-15)28-2)25-13-3-5-26(6-4-13)18-17(20)7-12(11-24-18)19(21,22)23/h7-11,13,25H,3-6H2,1-2H3. The molecule has 1 N–H and O–H groups in total. The molecule has 0 atom stereocenters. The van der Waals surface area contributed by atoms with Crippen molar-refractivity contribution in [2.45, 2.75) is 25.1 Å². The molecular formula is C19H21ClF3N3O2. The average molecular weight is 416 g/mol. The molecule has 1 aliphatic heterocycles. The molecule has 5 nitrogen and oxygen atoms in total. The van der Waals surface area contributed by atoms with Gasteiger partial charge in [0.2, 0.25) is 0 Å². The molecule has 2 aromatic rings. The van der Waals surface area contributed by atoms with Crippen molar-refractivity contribution in [2.24, 2.45) is 0 Å². The third-order valence-electron chi connectivity index (χ3n) is 4.67. The fourth-order valence-electron chi connectivity index (χ4n) is 3.18. The minimum atomic E-state index is -4.45. The predicted molar refractivity (Wildman–Crippen MR) is 103 cm³/mol. The molecule has 2 heterocycles. The number of benzene rings is 1. The van der Waals surface area contributed by atoms with Crippen LogP contribution in [-0.2, 0) is 6.18 Å². The average Bonchev–Trinajstić information content (AvgIpc) is 2.67. The molecule has 0 spiro atoms. The summed E-state index contributed by atoms with van der Waals surface area (Å²) >= 11 is 6.05. The van der Waals surface area contributed by atoms with Gasteiger partial charge in [0.25, 0.3) is 0 Å². The quantitative estimate of drug-likeness (QED) is 0.756. The Balaban J connectivity index is 1.64. The van der Waals surface area contributed by atoms with Crippen molar-refractivity contribution in [3.05, 3.63) is 41.0 Å². The largest absolute Gasteiger partial charge is 0.497 e. The molecule has 0 unspecified atom stereocenters. The van der Waals surface area contributed by atoms with Crippen LogP contribution in [0.2, 0.25) is 5.02 Å². The molecule has 0 amide bonds. The highest BCUT2D eigenvalue weighted by atomic mass is 35.5. The van der Waals surface area contributed by atoms with Crippen LogP contribution in [0.1, 0.15) is 18.4 Å². The van der Waals surface area contributed by atoms with Crippen LogP contribution < -0.4 is 19.7 Å². The summed E-state index contributed by atoms with van der Waals surface area (Å²) in [5, 5.41) is 3.47. The van der Waals surface area contributed by atoms with Crippen LogP contribution in [0.3, 0.4) is 0 Å². The Bertz CT molecular complexity index is 802. The van der Waals surface area contributed by atoms with E-state index in [1.165, 1.54) is 0 Å². The molecule has 1 aliphatic rings. The lowest BCUT2D eigenvalue weighted by atomic mass is 10.0. The number of anilines is 2. The number of ether oxygens (including phenoxy) is 2. The highest BCUT2D eigenvalue weighted by molar-refractivity contribution is 6.33. The number of halogens is 4. The molecule has 0 radical (unpaired) electrons. The number of hydrogen-bond acceptors (Lipinski definition) is 5. The Labute approximate surface area is 166 Å². The first-order valence-corrected chi connectivity index (χ1v) is 9.15. The molecule has 1 fully saturated rings. The van der Waals surface area contributed by atoms with Gasteiger partial charge in [-0.1, -0.05) is 11.6 Å². The van der Waals surface area contributed by atoms with Gasteiger partial charge in [-0.25, -0.2) is 4.98 Å². The minimum Gasteiger partial charge on any atom is -0.497 e. The second-order valence-electron chi connectivity index (χ2n) is 6.53. The maximum atomic E-state index is 12.8. The molecule has 3 rings (SSSR count). The van der Waals surface area contributed by atoms with E-state index in [1.54, 1.807) is 20.3 Å². The van der Waals surface area contributed by atoms with E-state index in [4.69, 9.17) is 21.1 Å².